The third-order valence-corrected chi connectivity index (χ3v) is 13.7. The first-order valence-corrected chi connectivity index (χ1v) is 16.7. The van der Waals surface area contributed by atoms with Crippen LogP contribution in [0.15, 0.2) is 0 Å². The quantitative estimate of drug-likeness (QED) is 0.293. The first kappa shape index (κ1) is 31.2. The van der Waals surface area contributed by atoms with E-state index in [1.54, 1.807) is 0 Å². The third kappa shape index (κ3) is 4.79. The number of hydrogen-bond donors (Lipinski definition) is 5. The average Bonchev–Trinajstić information content (AvgIpc) is 3.42. The number of ether oxygens (including phenoxy) is 3. The normalized spacial score (nSPS) is 51.0. The number of esters is 1. The molecule has 2 aliphatic heterocycles. The van der Waals surface area contributed by atoms with Gasteiger partial charge in [0.05, 0.1) is 19.3 Å². The Morgan fingerprint density at radius 3 is 2.33 bits per heavy atom. The van der Waals surface area contributed by atoms with E-state index in [1.807, 2.05) is 0 Å². The molecule has 5 N–H and O–H groups in total. The van der Waals surface area contributed by atoms with Crippen LogP contribution in [-0.4, -0.2) is 87.1 Å². The summed E-state index contributed by atoms with van der Waals surface area (Å²) in [7, 11) is 0. The van der Waals surface area contributed by atoms with Gasteiger partial charge in [0, 0.05) is 12.3 Å². The first-order valence-electron chi connectivity index (χ1n) is 16.7. The Morgan fingerprint density at radius 1 is 0.905 bits per heavy atom. The number of aliphatic hydroxyl groups is 5. The fourth-order valence-electron chi connectivity index (χ4n) is 11.2. The molecule has 0 aromatic carbocycles. The molecule has 6 aliphatic rings. The second-order valence-corrected chi connectivity index (χ2v) is 15.7. The Kier molecular flexibility index (Phi) is 8.33. The molecule has 16 atom stereocenters. The van der Waals surface area contributed by atoms with E-state index in [0.29, 0.717) is 54.0 Å². The van der Waals surface area contributed by atoms with Crippen molar-refractivity contribution in [1.29, 1.82) is 0 Å². The maximum absolute atomic E-state index is 12.6. The van der Waals surface area contributed by atoms with Gasteiger partial charge in [-0.2, -0.15) is 0 Å². The van der Waals surface area contributed by atoms with Crippen molar-refractivity contribution < 1.29 is 44.5 Å². The molecule has 6 unspecified atom stereocenters. The smallest absolute Gasteiger partial charge is 0.338 e. The van der Waals surface area contributed by atoms with E-state index in [4.69, 9.17) is 19.3 Å². The molecule has 6 fully saturated rings. The lowest BCUT2D eigenvalue weighted by Crippen LogP contribution is -2.55. The predicted molar refractivity (Wildman–Crippen MR) is 153 cm³/mol. The standard InChI is InChI=1S/C33H54O9/c1-17-7-12-33(40-16-17)18(2)26-25(42-33)14-23-21-6-5-19-13-20(8-10-31(19,3)22(21)9-11-32(23,26)4)41-30(39)29(38)28(37)27(36)24(35)15-34/h17-29,34-38H,5-16H2,1-4H3/t17-,18+,19?,20+,21?,22?,23?,24-,25?,26?,27-,28+,29+,31+,32+,33-/m1/s1. The average molecular weight is 595 g/mol. The van der Waals surface area contributed by atoms with Crippen LogP contribution >= 0.6 is 0 Å². The number of hydrogen-bond acceptors (Lipinski definition) is 9. The zero-order chi connectivity index (χ0) is 30.2. The van der Waals surface area contributed by atoms with E-state index in [-0.39, 0.29) is 22.7 Å². The van der Waals surface area contributed by atoms with Crippen LogP contribution in [0, 0.1) is 52.3 Å². The van der Waals surface area contributed by atoms with E-state index in [1.165, 1.54) is 25.7 Å². The summed E-state index contributed by atoms with van der Waals surface area (Å²) in [5, 5.41) is 48.8. The number of aliphatic hydroxyl groups excluding tert-OH is 5. The predicted octanol–water partition coefficient (Wildman–Crippen LogP) is 2.78. The van der Waals surface area contributed by atoms with Gasteiger partial charge in [0.25, 0.3) is 0 Å². The monoisotopic (exact) mass is 594 g/mol. The minimum Gasteiger partial charge on any atom is -0.460 e. The van der Waals surface area contributed by atoms with Crippen LogP contribution in [0.4, 0.5) is 0 Å². The summed E-state index contributed by atoms with van der Waals surface area (Å²) in [6.07, 6.45) is 2.98. The number of fused-ring (bicyclic) bond motifs is 7. The fraction of sp³-hybridized carbons (Fsp3) is 0.970. The molecule has 1 spiro atoms. The molecule has 2 heterocycles. The summed E-state index contributed by atoms with van der Waals surface area (Å²) in [6.45, 7) is 9.69. The Morgan fingerprint density at radius 2 is 1.64 bits per heavy atom. The summed E-state index contributed by atoms with van der Waals surface area (Å²) >= 11 is 0. The van der Waals surface area contributed by atoms with Crippen LogP contribution < -0.4 is 0 Å². The van der Waals surface area contributed by atoms with E-state index in [2.05, 4.69) is 27.7 Å². The molecule has 0 aromatic rings. The highest BCUT2D eigenvalue weighted by molar-refractivity contribution is 5.75. The van der Waals surface area contributed by atoms with Gasteiger partial charge in [-0.25, -0.2) is 4.79 Å². The van der Waals surface area contributed by atoms with Gasteiger partial charge in [0.15, 0.2) is 11.9 Å². The molecule has 4 aliphatic carbocycles. The van der Waals surface area contributed by atoms with Crippen molar-refractivity contribution >= 4 is 5.97 Å². The molecular weight excluding hydrogens is 540 g/mol. The maximum Gasteiger partial charge on any atom is 0.338 e. The van der Waals surface area contributed by atoms with Gasteiger partial charge >= 0.3 is 5.97 Å². The molecule has 2 saturated heterocycles. The van der Waals surface area contributed by atoms with Crippen LogP contribution in [0.1, 0.15) is 91.9 Å². The Labute approximate surface area is 250 Å². The van der Waals surface area contributed by atoms with Crippen LogP contribution in [0.25, 0.3) is 0 Å². The van der Waals surface area contributed by atoms with Crippen molar-refractivity contribution in [1.82, 2.24) is 0 Å². The van der Waals surface area contributed by atoms with Gasteiger partial charge in [0.2, 0.25) is 0 Å². The molecule has 9 nitrogen and oxygen atoms in total. The summed E-state index contributed by atoms with van der Waals surface area (Å²) in [5.74, 6) is 2.62. The Balaban J connectivity index is 1.09. The van der Waals surface area contributed by atoms with Crippen LogP contribution in [0.2, 0.25) is 0 Å². The molecule has 0 bridgehead atoms. The minimum atomic E-state index is -1.99. The topological polar surface area (TPSA) is 146 Å². The summed E-state index contributed by atoms with van der Waals surface area (Å²) in [5.41, 5.74) is 0.461. The van der Waals surface area contributed by atoms with Crippen molar-refractivity contribution in [3.8, 4) is 0 Å². The fourth-order valence-corrected chi connectivity index (χ4v) is 11.2. The van der Waals surface area contributed by atoms with Gasteiger partial charge in [-0.1, -0.05) is 27.7 Å². The Bertz CT molecular complexity index is 998. The highest BCUT2D eigenvalue weighted by atomic mass is 16.7. The molecule has 0 radical (unpaired) electrons. The highest BCUT2D eigenvalue weighted by Gasteiger charge is 2.69. The van der Waals surface area contributed by atoms with E-state index >= 15 is 0 Å². The number of carbonyl (C=O) groups excluding carboxylic acids is 1. The van der Waals surface area contributed by atoms with Crippen molar-refractivity contribution in [3.63, 3.8) is 0 Å². The molecular formula is C33H54O9. The van der Waals surface area contributed by atoms with Gasteiger partial charge < -0.3 is 39.7 Å². The lowest BCUT2D eigenvalue weighted by molar-refractivity contribution is -0.273. The van der Waals surface area contributed by atoms with E-state index in [0.717, 1.165) is 38.7 Å². The maximum atomic E-state index is 12.6. The van der Waals surface area contributed by atoms with Gasteiger partial charge in [-0.05, 0) is 104 Å². The lowest BCUT2D eigenvalue weighted by Gasteiger charge is -2.61. The number of carbonyl (C=O) groups is 1. The van der Waals surface area contributed by atoms with Crippen LogP contribution in [0.5, 0.6) is 0 Å². The zero-order valence-corrected chi connectivity index (χ0v) is 25.9. The lowest BCUT2D eigenvalue weighted by atomic mass is 9.44. The van der Waals surface area contributed by atoms with Gasteiger partial charge in [-0.3, -0.25) is 0 Å². The van der Waals surface area contributed by atoms with Crippen molar-refractivity contribution in [2.45, 2.75) is 134 Å². The molecule has 240 valence electrons. The van der Waals surface area contributed by atoms with Crippen molar-refractivity contribution in [2.24, 2.45) is 52.3 Å². The number of rotatable bonds is 6. The van der Waals surface area contributed by atoms with E-state index < -0.39 is 37.0 Å². The summed E-state index contributed by atoms with van der Waals surface area (Å²) in [6, 6.07) is 0. The van der Waals surface area contributed by atoms with Crippen molar-refractivity contribution in [2.75, 3.05) is 13.2 Å². The molecule has 42 heavy (non-hydrogen) atoms. The van der Waals surface area contributed by atoms with Gasteiger partial charge in [-0.15, -0.1) is 0 Å². The largest absolute Gasteiger partial charge is 0.460 e. The zero-order valence-electron chi connectivity index (χ0n) is 25.9. The summed E-state index contributed by atoms with van der Waals surface area (Å²) < 4.78 is 19.0. The summed E-state index contributed by atoms with van der Waals surface area (Å²) in [4.78, 5) is 12.6. The SMILES string of the molecule is C[C@@H]1CC[C@@]2(OC1)OC1CC3C4CCC5C[C@@H](OC(=O)[C@@H](O)[C@@H](O)[C@H](O)[C@H](O)CO)CC[C@]5(C)C4CC[C@]3(C)C1[C@@H]2C. The molecule has 4 saturated carbocycles. The second kappa shape index (κ2) is 11.2. The van der Waals surface area contributed by atoms with Gasteiger partial charge in [0.1, 0.15) is 24.4 Å². The van der Waals surface area contributed by atoms with Crippen molar-refractivity contribution in [3.05, 3.63) is 0 Å². The van der Waals surface area contributed by atoms with E-state index in [9.17, 15) is 25.2 Å². The first-order chi connectivity index (χ1) is 19.8. The second-order valence-electron chi connectivity index (χ2n) is 15.7. The van der Waals surface area contributed by atoms with Crippen LogP contribution in [-0.2, 0) is 19.0 Å². The molecule has 6 rings (SSSR count). The molecule has 9 heteroatoms. The molecule has 0 amide bonds. The highest BCUT2D eigenvalue weighted by Crippen LogP contribution is 2.71. The minimum absolute atomic E-state index is 0.181. The van der Waals surface area contributed by atoms with Crippen LogP contribution in [0.3, 0.4) is 0 Å². The third-order valence-electron chi connectivity index (χ3n) is 13.7. The molecule has 0 aromatic heterocycles. The Hall–Kier alpha value is -0.810.